The van der Waals surface area contributed by atoms with Gasteiger partial charge in [-0.3, -0.25) is 0 Å². The maximum absolute atomic E-state index is 6.53. The molecule has 0 saturated carbocycles. The summed E-state index contributed by atoms with van der Waals surface area (Å²) < 4.78 is 13.1. The van der Waals surface area contributed by atoms with Crippen molar-refractivity contribution in [3.63, 3.8) is 0 Å². The predicted molar refractivity (Wildman–Crippen MR) is 133 cm³/mol. The van der Waals surface area contributed by atoms with Crippen LogP contribution in [0.2, 0.25) is 36.3 Å². The minimum Gasteiger partial charge on any atom is -0.543 e. The zero-order chi connectivity index (χ0) is 23.2. The molecule has 30 heavy (non-hydrogen) atoms. The summed E-state index contributed by atoms with van der Waals surface area (Å²) in [6.45, 7) is 22.3. The molecule has 0 aliphatic heterocycles. The lowest BCUT2D eigenvalue weighted by Crippen LogP contribution is -2.44. The van der Waals surface area contributed by atoms with Gasteiger partial charge < -0.3 is 8.85 Å². The number of hydrogen-bond donors (Lipinski definition) is 0. The van der Waals surface area contributed by atoms with Crippen molar-refractivity contribution in [2.45, 2.75) is 77.8 Å². The lowest BCUT2D eigenvalue weighted by molar-refractivity contribution is 0.474. The second-order valence-electron chi connectivity index (χ2n) is 10.3. The molecule has 1 aromatic rings. The van der Waals surface area contributed by atoms with E-state index in [-0.39, 0.29) is 10.1 Å². The van der Waals surface area contributed by atoms with E-state index in [1.807, 2.05) is 18.2 Å². The van der Waals surface area contributed by atoms with E-state index in [4.69, 9.17) is 15.3 Å². The van der Waals surface area contributed by atoms with Crippen molar-refractivity contribution in [1.82, 2.24) is 0 Å². The van der Waals surface area contributed by atoms with E-state index < -0.39 is 16.6 Å². The third-order valence-corrected chi connectivity index (χ3v) is 14.5. The van der Waals surface area contributed by atoms with Crippen LogP contribution in [0.4, 0.5) is 0 Å². The largest absolute Gasteiger partial charge is 0.543 e. The fourth-order valence-corrected chi connectivity index (χ4v) is 3.92. The lowest BCUT2D eigenvalue weighted by atomic mass is 10.2. The lowest BCUT2D eigenvalue weighted by Gasteiger charge is -2.38. The number of rotatable bonds is 4. The normalized spacial score (nSPS) is 11.5. The van der Waals surface area contributed by atoms with Gasteiger partial charge in [0.15, 0.2) is 0 Å². The highest BCUT2D eigenvalue weighted by molar-refractivity contribution is 6.75. The van der Waals surface area contributed by atoms with E-state index in [1.54, 1.807) is 0 Å². The highest BCUT2D eigenvalue weighted by Crippen LogP contribution is 2.40. The van der Waals surface area contributed by atoms with Gasteiger partial charge in [0, 0.05) is 11.6 Å². The van der Waals surface area contributed by atoms with Crippen LogP contribution in [0.3, 0.4) is 0 Å². The standard InChI is InChI=1S/C26H34O2Si2/c1-12-13-14-15-16-17-18-22-19-23(27-29(8,9)25(2,3)4)21-24(20-22)28-30(10,11)26(5,6)7/h1,19-21H,2-11H3. The van der Waals surface area contributed by atoms with Crippen LogP contribution < -0.4 is 8.85 Å². The Hall–Kier alpha value is -2.51. The summed E-state index contributed by atoms with van der Waals surface area (Å²) >= 11 is 0. The molecule has 158 valence electrons. The van der Waals surface area contributed by atoms with Crippen LogP contribution in [0.15, 0.2) is 18.2 Å². The third-order valence-electron chi connectivity index (χ3n) is 5.77. The third kappa shape index (κ3) is 7.39. The van der Waals surface area contributed by atoms with Crippen LogP contribution in [0.5, 0.6) is 11.5 Å². The van der Waals surface area contributed by atoms with Crippen LogP contribution in [-0.4, -0.2) is 16.6 Å². The molecular weight excluding hydrogens is 400 g/mol. The van der Waals surface area contributed by atoms with Crippen LogP contribution >= 0.6 is 0 Å². The van der Waals surface area contributed by atoms with Crippen LogP contribution in [0.25, 0.3) is 0 Å². The van der Waals surface area contributed by atoms with Crippen LogP contribution in [0.1, 0.15) is 47.1 Å². The van der Waals surface area contributed by atoms with Gasteiger partial charge in [-0.25, -0.2) is 0 Å². The van der Waals surface area contributed by atoms with Crippen molar-refractivity contribution in [3.8, 4) is 59.4 Å². The summed E-state index contributed by atoms with van der Waals surface area (Å²) in [5.74, 6) is 20.1. The fraction of sp³-hybridized carbons (Fsp3) is 0.462. The quantitative estimate of drug-likeness (QED) is 0.401. The molecule has 0 N–H and O–H groups in total. The zero-order valence-corrected chi connectivity index (χ0v) is 22.1. The summed E-state index contributed by atoms with van der Waals surface area (Å²) in [7, 11) is -3.99. The summed E-state index contributed by atoms with van der Waals surface area (Å²) in [6.07, 6.45) is 5.08. The SMILES string of the molecule is C#CC#CC#CC#Cc1cc(O[Si](C)(C)C(C)(C)C)cc(O[Si](C)(C)C(C)(C)C)c1. The summed E-state index contributed by atoms with van der Waals surface area (Å²) in [4.78, 5) is 0. The molecule has 0 bridgehead atoms. The first-order chi connectivity index (χ1) is 13.6. The van der Waals surface area contributed by atoms with E-state index in [0.717, 1.165) is 17.1 Å². The molecule has 0 aromatic heterocycles. The van der Waals surface area contributed by atoms with Crippen molar-refractivity contribution in [2.24, 2.45) is 0 Å². The Kier molecular flexibility index (Phi) is 8.12. The molecule has 4 heteroatoms. The van der Waals surface area contributed by atoms with Crippen LogP contribution in [0, 0.1) is 47.9 Å². The summed E-state index contributed by atoms with van der Waals surface area (Å²) in [5, 5.41) is 0.187. The Morgan fingerprint density at radius 2 is 1.07 bits per heavy atom. The van der Waals surface area contributed by atoms with Crippen LogP contribution in [-0.2, 0) is 0 Å². The topological polar surface area (TPSA) is 18.5 Å². The first-order valence-corrected chi connectivity index (χ1v) is 15.9. The Balaban J connectivity index is 3.39. The summed E-state index contributed by atoms with van der Waals surface area (Å²) in [6, 6.07) is 5.91. The molecule has 0 spiro atoms. The van der Waals surface area contributed by atoms with Gasteiger partial charge in [0.05, 0.1) is 0 Å². The molecule has 2 nitrogen and oxygen atoms in total. The van der Waals surface area contributed by atoms with Gasteiger partial charge in [0.1, 0.15) is 11.5 Å². The van der Waals surface area contributed by atoms with E-state index in [9.17, 15) is 0 Å². The van der Waals surface area contributed by atoms with Crippen molar-refractivity contribution in [1.29, 1.82) is 0 Å². The van der Waals surface area contributed by atoms with E-state index in [0.29, 0.717) is 0 Å². The average Bonchev–Trinajstić information content (AvgIpc) is 2.55. The monoisotopic (exact) mass is 434 g/mol. The van der Waals surface area contributed by atoms with Gasteiger partial charge in [-0.2, -0.15) is 0 Å². The number of benzene rings is 1. The Labute approximate surface area is 186 Å². The molecule has 0 saturated heterocycles. The predicted octanol–water partition coefficient (Wildman–Crippen LogP) is 6.45. The fourth-order valence-electron chi connectivity index (χ4n) is 1.89. The van der Waals surface area contributed by atoms with E-state index in [1.165, 1.54) is 0 Å². The Bertz CT molecular complexity index is 948. The minimum absolute atomic E-state index is 0.0936. The Morgan fingerprint density at radius 3 is 1.47 bits per heavy atom. The zero-order valence-electron chi connectivity index (χ0n) is 20.1. The van der Waals surface area contributed by atoms with Gasteiger partial charge >= 0.3 is 0 Å². The van der Waals surface area contributed by atoms with Gasteiger partial charge in [-0.15, -0.1) is 6.42 Å². The number of terminal acetylenes is 1. The molecule has 0 aliphatic rings. The van der Waals surface area contributed by atoms with Gasteiger partial charge in [-0.05, 0) is 83.9 Å². The molecule has 0 unspecified atom stereocenters. The van der Waals surface area contributed by atoms with E-state index >= 15 is 0 Å². The van der Waals surface area contributed by atoms with Gasteiger partial charge in [-0.1, -0.05) is 47.5 Å². The first kappa shape index (κ1) is 25.5. The van der Waals surface area contributed by atoms with Crippen molar-refractivity contribution < 1.29 is 8.85 Å². The first-order valence-electron chi connectivity index (χ1n) is 10.1. The molecule has 0 amide bonds. The smallest absolute Gasteiger partial charge is 0.250 e. The van der Waals surface area contributed by atoms with Crippen molar-refractivity contribution in [3.05, 3.63) is 23.8 Å². The molecule has 1 rings (SSSR count). The summed E-state index contributed by atoms with van der Waals surface area (Å²) in [5.41, 5.74) is 0.805. The molecule has 0 fully saturated rings. The van der Waals surface area contributed by atoms with E-state index in [2.05, 4.69) is 109 Å². The molecule has 0 radical (unpaired) electrons. The van der Waals surface area contributed by atoms with Crippen molar-refractivity contribution >= 4 is 16.6 Å². The molecule has 0 heterocycles. The second-order valence-corrected chi connectivity index (χ2v) is 19.8. The molecular formula is C26H34O2Si2. The number of hydrogen-bond acceptors (Lipinski definition) is 2. The maximum Gasteiger partial charge on any atom is 0.250 e. The average molecular weight is 435 g/mol. The minimum atomic E-state index is -2.00. The highest BCUT2D eigenvalue weighted by Gasteiger charge is 2.40. The van der Waals surface area contributed by atoms with Crippen molar-refractivity contribution in [2.75, 3.05) is 0 Å². The molecule has 1 aromatic carbocycles. The molecule has 0 aliphatic carbocycles. The van der Waals surface area contributed by atoms with Gasteiger partial charge in [0.2, 0.25) is 16.6 Å². The maximum atomic E-state index is 6.53. The van der Waals surface area contributed by atoms with Gasteiger partial charge in [0.25, 0.3) is 0 Å². The molecule has 0 atom stereocenters. The Morgan fingerprint density at radius 1 is 0.667 bits per heavy atom. The highest BCUT2D eigenvalue weighted by atomic mass is 28.4. The second kappa shape index (κ2) is 9.54.